The first kappa shape index (κ1) is 22.4. The molecule has 1 aromatic rings. The summed E-state index contributed by atoms with van der Waals surface area (Å²) >= 11 is 0. The van der Waals surface area contributed by atoms with Gasteiger partial charge in [0.25, 0.3) is 5.91 Å². The minimum absolute atomic E-state index is 0.0378. The number of likely N-dealkylation sites (N-methyl/N-ethyl adjacent to an activating group) is 1. The second-order valence-electron chi connectivity index (χ2n) is 9.14. The van der Waals surface area contributed by atoms with E-state index in [0.717, 1.165) is 0 Å². The van der Waals surface area contributed by atoms with Crippen LogP contribution in [0.2, 0.25) is 0 Å². The maximum absolute atomic E-state index is 13.4. The Hall–Kier alpha value is -2.79. The molecule has 1 aromatic carbocycles. The quantitative estimate of drug-likeness (QED) is 0.305. The van der Waals surface area contributed by atoms with Crippen LogP contribution in [0.25, 0.3) is 0 Å². The number of carbonyl (C=O) groups is 3. The minimum Gasteiger partial charge on any atom is -0.508 e. The van der Waals surface area contributed by atoms with Crippen molar-refractivity contribution in [3.05, 3.63) is 40.7 Å². The van der Waals surface area contributed by atoms with E-state index in [1.165, 1.54) is 25.1 Å². The van der Waals surface area contributed by atoms with Crippen LogP contribution >= 0.6 is 0 Å². The number of aliphatic hydroxyl groups excluding tert-OH is 3. The van der Waals surface area contributed by atoms with E-state index in [2.05, 4.69) is 0 Å². The molecule has 0 aliphatic heterocycles. The smallest absolute Gasteiger partial charge is 0.255 e. The van der Waals surface area contributed by atoms with Gasteiger partial charge in [-0.3, -0.25) is 19.3 Å². The summed E-state index contributed by atoms with van der Waals surface area (Å²) in [5.41, 5.74) is 2.13. The predicted molar refractivity (Wildman–Crippen MR) is 110 cm³/mol. The number of carbonyl (C=O) groups excluding carboxylic acids is 3. The number of benzene rings is 1. The fraction of sp³-hybridized carbons (Fsp3) is 0.500. The van der Waals surface area contributed by atoms with Crippen LogP contribution in [-0.4, -0.2) is 85.9 Å². The third-order valence-corrected chi connectivity index (χ3v) is 7.44. The number of hydrogen-bond acceptors (Lipinski definition) is 9. The molecule has 0 heterocycles. The van der Waals surface area contributed by atoms with Gasteiger partial charge in [0, 0.05) is 11.8 Å². The molecule has 10 heteroatoms. The highest BCUT2D eigenvalue weighted by Crippen LogP contribution is 2.56. The molecular formula is C22H26N2O8. The third kappa shape index (κ3) is 2.57. The Morgan fingerprint density at radius 3 is 2.31 bits per heavy atom. The van der Waals surface area contributed by atoms with Crippen LogP contribution in [0.3, 0.4) is 0 Å². The zero-order chi connectivity index (χ0) is 23.9. The van der Waals surface area contributed by atoms with Gasteiger partial charge in [-0.25, -0.2) is 0 Å². The predicted octanol–water partition coefficient (Wildman–Crippen LogP) is -1.18. The van der Waals surface area contributed by atoms with E-state index >= 15 is 0 Å². The summed E-state index contributed by atoms with van der Waals surface area (Å²) in [6.45, 7) is 1.71. The second-order valence-corrected chi connectivity index (χ2v) is 9.14. The standard InChI is InChI=1S/C22H26N2O8/c1-7-8-5-4-6-9(25)11(8)16(26)12-10(7)17(27)14-15(24(2)3)18(28)13(21(23)31)20(30)22(14,32)19(12)29/h4-7,10,12,14-15,17,19,25,27,29-30,32H,1-3H3,(H2,23,31)/t7-,10?,12?,14?,15-,17-,19?,22-/m0/s1. The van der Waals surface area contributed by atoms with Crippen molar-refractivity contribution in [2.24, 2.45) is 23.5 Å². The molecule has 0 aromatic heterocycles. The summed E-state index contributed by atoms with van der Waals surface area (Å²) < 4.78 is 0. The Kier molecular flexibility index (Phi) is 4.98. The van der Waals surface area contributed by atoms with Gasteiger partial charge in [-0.2, -0.15) is 0 Å². The van der Waals surface area contributed by atoms with Crippen LogP contribution in [0, 0.1) is 17.8 Å². The number of hydrogen-bond donors (Lipinski definition) is 6. The van der Waals surface area contributed by atoms with Crippen molar-refractivity contribution < 1.29 is 39.9 Å². The van der Waals surface area contributed by atoms with Crippen LogP contribution in [0.15, 0.2) is 29.5 Å². The number of amides is 1. The molecule has 1 saturated carbocycles. The summed E-state index contributed by atoms with van der Waals surface area (Å²) in [6.07, 6.45) is -3.52. The molecule has 32 heavy (non-hydrogen) atoms. The largest absolute Gasteiger partial charge is 0.508 e. The number of primary amides is 1. The average Bonchev–Trinajstić information content (AvgIpc) is 2.70. The van der Waals surface area contributed by atoms with Crippen molar-refractivity contribution in [1.29, 1.82) is 0 Å². The van der Waals surface area contributed by atoms with Gasteiger partial charge in [0.2, 0.25) is 0 Å². The van der Waals surface area contributed by atoms with Crippen molar-refractivity contribution in [2.45, 2.75) is 36.7 Å². The van der Waals surface area contributed by atoms with Gasteiger partial charge in [0.05, 0.1) is 23.6 Å². The Morgan fingerprint density at radius 1 is 1.12 bits per heavy atom. The Morgan fingerprint density at radius 2 is 1.75 bits per heavy atom. The number of nitrogens with zero attached hydrogens (tertiary/aromatic N) is 1. The topological polar surface area (TPSA) is 182 Å². The van der Waals surface area contributed by atoms with Crippen molar-refractivity contribution in [3.8, 4) is 5.75 Å². The molecule has 4 rings (SSSR count). The highest BCUT2D eigenvalue weighted by molar-refractivity contribution is 6.22. The SMILES string of the molecule is C[C@H]1c2cccc(O)c2C(=O)C2C1[C@H](O)C1[C@H](N(C)C)C(=O)C(C(N)=O)=C(O)[C@@]1(O)C2O. The molecule has 0 spiro atoms. The monoisotopic (exact) mass is 446 g/mol. The van der Waals surface area contributed by atoms with Crippen LogP contribution in [-0.2, 0) is 9.59 Å². The third-order valence-electron chi connectivity index (χ3n) is 7.44. The highest BCUT2D eigenvalue weighted by Gasteiger charge is 2.70. The number of nitrogens with two attached hydrogens (primary N) is 1. The van der Waals surface area contributed by atoms with Crippen molar-refractivity contribution >= 4 is 17.5 Å². The molecule has 3 aliphatic carbocycles. The summed E-state index contributed by atoms with van der Waals surface area (Å²) in [5.74, 6) is -8.75. The maximum Gasteiger partial charge on any atom is 0.255 e. The molecular weight excluding hydrogens is 420 g/mol. The van der Waals surface area contributed by atoms with E-state index in [0.29, 0.717) is 5.56 Å². The van der Waals surface area contributed by atoms with E-state index in [1.54, 1.807) is 19.1 Å². The lowest BCUT2D eigenvalue weighted by Crippen LogP contribution is -2.74. The summed E-state index contributed by atoms with van der Waals surface area (Å²) in [5, 5.41) is 55.4. The zero-order valence-electron chi connectivity index (χ0n) is 17.8. The van der Waals surface area contributed by atoms with Gasteiger partial charge in [-0.15, -0.1) is 0 Å². The first-order valence-corrected chi connectivity index (χ1v) is 10.3. The molecule has 4 unspecified atom stereocenters. The average molecular weight is 446 g/mol. The molecule has 172 valence electrons. The normalized spacial score (nSPS) is 38.9. The lowest BCUT2D eigenvalue weighted by molar-refractivity contribution is -0.221. The van der Waals surface area contributed by atoms with E-state index in [4.69, 9.17) is 5.73 Å². The van der Waals surface area contributed by atoms with Gasteiger partial charge in [0.1, 0.15) is 23.2 Å². The van der Waals surface area contributed by atoms with Crippen molar-refractivity contribution in [2.75, 3.05) is 14.1 Å². The molecule has 10 nitrogen and oxygen atoms in total. The van der Waals surface area contributed by atoms with Crippen LogP contribution in [0.1, 0.15) is 28.8 Å². The molecule has 8 atom stereocenters. The maximum atomic E-state index is 13.4. The summed E-state index contributed by atoms with van der Waals surface area (Å²) in [4.78, 5) is 39.8. The fourth-order valence-corrected chi connectivity index (χ4v) is 6.05. The van der Waals surface area contributed by atoms with Crippen LogP contribution in [0.4, 0.5) is 0 Å². The summed E-state index contributed by atoms with van der Waals surface area (Å²) in [6, 6.07) is 3.19. The summed E-state index contributed by atoms with van der Waals surface area (Å²) in [7, 11) is 2.97. The lowest BCUT2D eigenvalue weighted by Gasteiger charge is -2.58. The van der Waals surface area contributed by atoms with Crippen LogP contribution in [0.5, 0.6) is 5.75 Å². The minimum atomic E-state index is -2.70. The number of phenols is 1. The number of ketones is 2. The first-order chi connectivity index (χ1) is 14.9. The highest BCUT2D eigenvalue weighted by atomic mass is 16.4. The van der Waals surface area contributed by atoms with E-state index in [1.807, 2.05) is 0 Å². The second kappa shape index (κ2) is 7.11. The van der Waals surface area contributed by atoms with Crippen molar-refractivity contribution in [1.82, 2.24) is 4.90 Å². The van der Waals surface area contributed by atoms with E-state index in [9.17, 15) is 39.9 Å². The molecule has 7 N–H and O–H groups in total. The lowest BCUT2D eigenvalue weighted by atomic mass is 9.50. The fourth-order valence-electron chi connectivity index (χ4n) is 6.05. The number of Topliss-reactive ketones (excluding diaryl/α,β-unsaturated/α-hetero) is 2. The molecule has 0 bridgehead atoms. The number of rotatable bonds is 2. The molecule has 1 fully saturated rings. The molecule has 1 amide bonds. The van der Waals surface area contributed by atoms with Gasteiger partial charge in [-0.1, -0.05) is 19.1 Å². The van der Waals surface area contributed by atoms with Gasteiger partial charge in [-0.05, 0) is 31.6 Å². The van der Waals surface area contributed by atoms with Crippen LogP contribution < -0.4 is 5.73 Å². The van der Waals surface area contributed by atoms with E-state index < -0.39 is 76.3 Å². The Balaban J connectivity index is 1.99. The van der Waals surface area contributed by atoms with Gasteiger partial charge >= 0.3 is 0 Å². The van der Waals surface area contributed by atoms with Crippen molar-refractivity contribution in [3.63, 3.8) is 0 Å². The number of aliphatic hydroxyl groups is 4. The molecule has 3 aliphatic rings. The van der Waals surface area contributed by atoms with E-state index in [-0.39, 0.29) is 11.3 Å². The zero-order valence-corrected chi connectivity index (χ0v) is 17.8. The first-order valence-electron chi connectivity index (χ1n) is 10.3. The number of fused-ring (bicyclic) bond motifs is 3. The van der Waals surface area contributed by atoms with Gasteiger partial charge in [0.15, 0.2) is 17.2 Å². The Bertz CT molecular complexity index is 1070. The number of aromatic hydroxyl groups is 1. The molecule has 0 saturated heterocycles. The van der Waals surface area contributed by atoms with Gasteiger partial charge < -0.3 is 31.3 Å². The Labute approximate surface area is 183 Å². The molecule has 0 radical (unpaired) electrons. The number of phenolic OH excluding ortho intramolecular Hbond substituents is 1.